The molecule has 4 nitrogen and oxygen atoms in total. The Labute approximate surface area is 131 Å². The van der Waals surface area contributed by atoms with Crippen molar-refractivity contribution in [3.63, 3.8) is 0 Å². The fourth-order valence-electron chi connectivity index (χ4n) is 2.27. The predicted octanol–water partition coefficient (Wildman–Crippen LogP) is 2.79. The smallest absolute Gasteiger partial charge is 0.255 e. The minimum atomic E-state index is -0.133. The fraction of sp³-hybridized carbons (Fsp3) is 0.429. The van der Waals surface area contributed by atoms with Gasteiger partial charge in [-0.2, -0.15) is 0 Å². The first-order valence-electron chi connectivity index (χ1n) is 6.31. The van der Waals surface area contributed by atoms with E-state index in [9.17, 15) is 9.59 Å². The van der Waals surface area contributed by atoms with Gasteiger partial charge in [-0.3, -0.25) is 9.59 Å². The van der Waals surface area contributed by atoms with E-state index in [1.165, 1.54) is 4.90 Å². The molecule has 6 heteroatoms. The van der Waals surface area contributed by atoms with Crippen LogP contribution in [-0.4, -0.2) is 42.7 Å². The Kier molecular flexibility index (Phi) is 4.70. The van der Waals surface area contributed by atoms with Gasteiger partial charge in [-0.05, 0) is 24.1 Å². The lowest BCUT2D eigenvalue weighted by Gasteiger charge is -2.22. The Morgan fingerprint density at radius 2 is 2.20 bits per heavy atom. The Bertz CT molecular complexity index is 548. The van der Waals surface area contributed by atoms with Crippen molar-refractivity contribution in [1.29, 1.82) is 0 Å². The average molecular weight is 360 g/mol. The number of hydrogen-bond acceptors (Lipinski definition) is 2. The Morgan fingerprint density at radius 3 is 2.75 bits per heavy atom. The SMILES string of the molecule is CN(C)C(=O)c1ccc(Cl)cc1N1CC(CBr)CC1=O. The second kappa shape index (κ2) is 6.14. The van der Waals surface area contributed by atoms with Crippen LogP contribution in [-0.2, 0) is 4.79 Å². The third kappa shape index (κ3) is 2.99. The summed E-state index contributed by atoms with van der Waals surface area (Å²) in [5.41, 5.74) is 1.10. The Balaban J connectivity index is 2.42. The molecule has 0 spiro atoms. The molecule has 0 aromatic heterocycles. The van der Waals surface area contributed by atoms with Crippen LogP contribution in [0.3, 0.4) is 0 Å². The standard InChI is InChI=1S/C14H16BrClN2O2/c1-17(2)14(20)11-4-3-10(16)6-12(11)18-8-9(7-15)5-13(18)19/h3-4,6,9H,5,7-8H2,1-2H3. The highest BCUT2D eigenvalue weighted by molar-refractivity contribution is 9.09. The first kappa shape index (κ1) is 15.3. The fourth-order valence-corrected chi connectivity index (χ4v) is 2.87. The zero-order valence-electron chi connectivity index (χ0n) is 11.4. The molecular formula is C14H16BrClN2O2. The molecule has 2 amide bonds. The summed E-state index contributed by atoms with van der Waals surface area (Å²) in [7, 11) is 3.38. The van der Waals surface area contributed by atoms with E-state index in [4.69, 9.17) is 11.6 Å². The molecule has 0 radical (unpaired) electrons. The quantitative estimate of drug-likeness (QED) is 0.779. The number of halogens is 2. The molecule has 108 valence electrons. The molecule has 0 aliphatic carbocycles. The first-order chi connectivity index (χ1) is 9.43. The zero-order chi connectivity index (χ0) is 14.9. The molecule has 1 aromatic rings. The van der Waals surface area contributed by atoms with Crippen LogP contribution >= 0.6 is 27.5 Å². The maximum Gasteiger partial charge on any atom is 0.255 e. The molecule has 2 rings (SSSR count). The summed E-state index contributed by atoms with van der Waals surface area (Å²) in [4.78, 5) is 27.5. The molecule has 0 saturated carbocycles. The molecule has 1 atom stereocenters. The number of amides is 2. The van der Waals surface area contributed by atoms with Gasteiger partial charge in [-0.25, -0.2) is 0 Å². The molecule has 20 heavy (non-hydrogen) atoms. The second-order valence-corrected chi connectivity index (χ2v) is 6.17. The van der Waals surface area contributed by atoms with Crippen molar-refractivity contribution in [1.82, 2.24) is 4.90 Å². The van der Waals surface area contributed by atoms with Crippen molar-refractivity contribution in [2.24, 2.45) is 5.92 Å². The molecule has 0 bridgehead atoms. The number of anilines is 1. The molecule has 1 saturated heterocycles. The summed E-state index contributed by atoms with van der Waals surface area (Å²) >= 11 is 9.43. The van der Waals surface area contributed by atoms with E-state index in [1.54, 1.807) is 37.2 Å². The van der Waals surface area contributed by atoms with Crippen LogP contribution in [0.15, 0.2) is 18.2 Å². The van der Waals surface area contributed by atoms with Gasteiger partial charge in [0.25, 0.3) is 5.91 Å². The molecule has 0 N–H and O–H groups in total. The third-order valence-electron chi connectivity index (χ3n) is 3.31. The third-order valence-corrected chi connectivity index (χ3v) is 4.46. The van der Waals surface area contributed by atoms with Gasteiger partial charge in [0.1, 0.15) is 0 Å². The Hall–Kier alpha value is -1.07. The minimum absolute atomic E-state index is 0.0320. The van der Waals surface area contributed by atoms with Gasteiger partial charge in [0, 0.05) is 37.4 Å². The van der Waals surface area contributed by atoms with E-state index in [0.717, 1.165) is 5.33 Å². The van der Waals surface area contributed by atoms with Crippen LogP contribution in [0, 0.1) is 5.92 Å². The highest BCUT2D eigenvalue weighted by atomic mass is 79.9. The molecule has 1 aromatic carbocycles. The number of carbonyl (C=O) groups excluding carboxylic acids is 2. The summed E-state index contributed by atoms with van der Waals surface area (Å²) in [6.45, 7) is 0.609. The first-order valence-corrected chi connectivity index (χ1v) is 7.81. The van der Waals surface area contributed by atoms with Gasteiger partial charge < -0.3 is 9.80 Å². The molecule has 1 heterocycles. The topological polar surface area (TPSA) is 40.6 Å². The van der Waals surface area contributed by atoms with E-state index >= 15 is 0 Å². The lowest BCUT2D eigenvalue weighted by atomic mass is 10.1. The maximum atomic E-state index is 12.2. The summed E-state index contributed by atoms with van der Waals surface area (Å²) in [5, 5.41) is 1.29. The van der Waals surface area contributed by atoms with E-state index in [1.807, 2.05) is 0 Å². The number of hydrogen-bond donors (Lipinski definition) is 0. The second-order valence-electron chi connectivity index (χ2n) is 5.09. The summed E-state index contributed by atoms with van der Waals surface area (Å²) in [5.74, 6) is 0.167. The van der Waals surface area contributed by atoms with Gasteiger partial charge in [-0.1, -0.05) is 27.5 Å². The molecular weight excluding hydrogens is 344 g/mol. The van der Waals surface area contributed by atoms with Gasteiger partial charge >= 0.3 is 0 Å². The monoisotopic (exact) mass is 358 g/mol. The largest absolute Gasteiger partial charge is 0.345 e. The number of benzene rings is 1. The summed E-state index contributed by atoms with van der Waals surface area (Å²) < 4.78 is 0. The van der Waals surface area contributed by atoms with E-state index in [2.05, 4.69) is 15.9 Å². The van der Waals surface area contributed by atoms with Gasteiger partial charge in [0.2, 0.25) is 5.91 Å². The van der Waals surface area contributed by atoms with Crippen molar-refractivity contribution in [3.05, 3.63) is 28.8 Å². The molecule has 1 unspecified atom stereocenters. The molecule has 1 fully saturated rings. The van der Waals surface area contributed by atoms with Crippen LogP contribution in [0.4, 0.5) is 5.69 Å². The normalized spacial score (nSPS) is 18.5. The van der Waals surface area contributed by atoms with Crippen molar-refractivity contribution in [3.8, 4) is 0 Å². The van der Waals surface area contributed by atoms with Gasteiger partial charge in [-0.15, -0.1) is 0 Å². The van der Waals surface area contributed by atoms with Gasteiger partial charge in [0.15, 0.2) is 0 Å². The van der Waals surface area contributed by atoms with E-state index in [0.29, 0.717) is 29.2 Å². The van der Waals surface area contributed by atoms with Crippen LogP contribution in [0.2, 0.25) is 5.02 Å². The van der Waals surface area contributed by atoms with E-state index in [-0.39, 0.29) is 17.7 Å². The van der Waals surface area contributed by atoms with Crippen LogP contribution < -0.4 is 4.90 Å². The minimum Gasteiger partial charge on any atom is -0.345 e. The van der Waals surface area contributed by atoms with Crippen molar-refractivity contribution in [2.75, 3.05) is 30.9 Å². The number of carbonyl (C=O) groups is 2. The van der Waals surface area contributed by atoms with Crippen LogP contribution in [0.1, 0.15) is 16.8 Å². The predicted molar refractivity (Wildman–Crippen MR) is 83.7 cm³/mol. The number of nitrogens with zero attached hydrogens (tertiary/aromatic N) is 2. The zero-order valence-corrected chi connectivity index (χ0v) is 13.7. The lowest BCUT2D eigenvalue weighted by molar-refractivity contribution is -0.117. The van der Waals surface area contributed by atoms with Gasteiger partial charge in [0.05, 0.1) is 11.3 Å². The average Bonchev–Trinajstić information content (AvgIpc) is 2.79. The molecule has 1 aliphatic heterocycles. The van der Waals surface area contributed by atoms with Crippen molar-refractivity contribution >= 4 is 45.0 Å². The highest BCUT2D eigenvalue weighted by Gasteiger charge is 2.32. The number of alkyl halides is 1. The van der Waals surface area contributed by atoms with Crippen molar-refractivity contribution in [2.45, 2.75) is 6.42 Å². The molecule has 1 aliphatic rings. The van der Waals surface area contributed by atoms with E-state index < -0.39 is 0 Å². The number of rotatable bonds is 3. The summed E-state index contributed by atoms with van der Waals surface area (Å²) in [6.07, 6.45) is 0.493. The summed E-state index contributed by atoms with van der Waals surface area (Å²) in [6, 6.07) is 5.03. The maximum absolute atomic E-state index is 12.2. The van der Waals surface area contributed by atoms with Crippen LogP contribution in [0.25, 0.3) is 0 Å². The highest BCUT2D eigenvalue weighted by Crippen LogP contribution is 2.31. The Morgan fingerprint density at radius 1 is 1.50 bits per heavy atom. The lowest BCUT2D eigenvalue weighted by Crippen LogP contribution is -2.29. The van der Waals surface area contributed by atoms with Crippen molar-refractivity contribution < 1.29 is 9.59 Å². The van der Waals surface area contributed by atoms with Crippen LogP contribution in [0.5, 0.6) is 0 Å².